The van der Waals surface area contributed by atoms with Crippen LogP contribution in [0.1, 0.15) is 58.3 Å². The van der Waals surface area contributed by atoms with Crippen molar-refractivity contribution in [3.63, 3.8) is 0 Å². The molecule has 0 amide bonds. The highest BCUT2D eigenvalue weighted by atomic mass is 19.1. The summed E-state index contributed by atoms with van der Waals surface area (Å²) in [4.78, 5) is 0. The van der Waals surface area contributed by atoms with Crippen LogP contribution in [-0.4, -0.2) is 80.0 Å². The number of nitrogens with one attached hydrogen (secondary N) is 3. The van der Waals surface area contributed by atoms with E-state index in [1.807, 2.05) is 0 Å². The van der Waals surface area contributed by atoms with Crippen LogP contribution in [0.3, 0.4) is 0 Å². The molecule has 188 valence electrons. The summed E-state index contributed by atoms with van der Waals surface area (Å²) in [6.45, 7) is 6.08. The van der Waals surface area contributed by atoms with Crippen LogP contribution in [0, 0.1) is 23.7 Å². The highest BCUT2D eigenvalue weighted by Crippen LogP contribution is 2.42. The molecule has 11 atom stereocenters. The van der Waals surface area contributed by atoms with E-state index in [4.69, 9.17) is 15.2 Å². The highest BCUT2D eigenvalue weighted by Gasteiger charge is 2.50. The van der Waals surface area contributed by atoms with Gasteiger partial charge in [0.15, 0.2) is 0 Å². The SMILES string of the molecule is C[C@H]1OC2CC(CNC2N)C2C(CNN2CC2CC2)OC2CCCNC2C2CCC(F)CC21. The minimum atomic E-state index is -0.724. The van der Waals surface area contributed by atoms with Crippen molar-refractivity contribution in [1.29, 1.82) is 0 Å². The van der Waals surface area contributed by atoms with Crippen molar-refractivity contribution in [2.45, 2.75) is 107 Å². The summed E-state index contributed by atoms with van der Waals surface area (Å²) < 4.78 is 28.4. The van der Waals surface area contributed by atoms with Crippen molar-refractivity contribution in [1.82, 2.24) is 21.1 Å². The second-order valence-electron chi connectivity index (χ2n) is 11.8. The summed E-state index contributed by atoms with van der Waals surface area (Å²) in [7, 11) is 0. The van der Waals surface area contributed by atoms with Crippen molar-refractivity contribution in [2.24, 2.45) is 29.4 Å². The first kappa shape index (κ1) is 23.1. The Labute approximate surface area is 198 Å². The lowest BCUT2D eigenvalue weighted by atomic mass is 9.69. The van der Waals surface area contributed by atoms with Crippen LogP contribution >= 0.6 is 0 Å². The van der Waals surface area contributed by atoms with Gasteiger partial charge in [0.25, 0.3) is 0 Å². The Kier molecular flexibility index (Phi) is 6.71. The molecule has 4 aliphatic heterocycles. The molecule has 2 bridgehead atoms. The van der Waals surface area contributed by atoms with E-state index in [-0.39, 0.29) is 42.5 Å². The minimum Gasteiger partial charge on any atom is -0.372 e. The van der Waals surface area contributed by atoms with Crippen LogP contribution in [0.15, 0.2) is 0 Å². The molecule has 5 N–H and O–H groups in total. The van der Waals surface area contributed by atoms with Crippen LogP contribution in [0.25, 0.3) is 0 Å². The highest BCUT2D eigenvalue weighted by molar-refractivity contribution is 5.02. The predicted molar refractivity (Wildman–Crippen MR) is 125 cm³/mol. The molecule has 10 unspecified atom stereocenters. The molecule has 0 spiro atoms. The van der Waals surface area contributed by atoms with E-state index in [9.17, 15) is 4.39 Å². The van der Waals surface area contributed by atoms with Crippen LogP contribution < -0.4 is 21.8 Å². The third-order valence-electron chi connectivity index (χ3n) is 9.56. The minimum absolute atomic E-state index is 0.00554. The largest absolute Gasteiger partial charge is 0.372 e. The van der Waals surface area contributed by atoms with E-state index in [1.54, 1.807) is 0 Å². The Morgan fingerprint density at radius 3 is 2.67 bits per heavy atom. The zero-order chi connectivity index (χ0) is 22.5. The zero-order valence-electron chi connectivity index (χ0n) is 20.1. The van der Waals surface area contributed by atoms with Gasteiger partial charge in [0.2, 0.25) is 0 Å². The maximum absolute atomic E-state index is 14.6. The molecule has 6 rings (SSSR count). The van der Waals surface area contributed by atoms with Gasteiger partial charge in [-0.15, -0.1) is 0 Å². The summed E-state index contributed by atoms with van der Waals surface area (Å²) in [6, 6.07) is 0.623. The number of halogens is 1. The van der Waals surface area contributed by atoms with Gasteiger partial charge in [-0.1, -0.05) is 0 Å². The first-order valence-electron chi connectivity index (χ1n) is 13.7. The number of piperidine rings is 2. The summed E-state index contributed by atoms with van der Waals surface area (Å²) in [5.74, 6) is 1.83. The van der Waals surface area contributed by atoms with Gasteiger partial charge < -0.3 is 20.5 Å². The zero-order valence-corrected chi connectivity index (χ0v) is 20.1. The number of nitrogens with zero attached hydrogens (tertiary/aromatic N) is 1. The lowest BCUT2D eigenvalue weighted by molar-refractivity contribution is -0.136. The molecule has 2 saturated carbocycles. The molecule has 0 aromatic carbocycles. The molecule has 0 radical (unpaired) electrons. The van der Waals surface area contributed by atoms with Gasteiger partial charge in [0.05, 0.1) is 36.6 Å². The Hall–Kier alpha value is -0.350. The molecule has 4 saturated heterocycles. The predicted octanol–water partition coefficient (Wildman–Crippen LogP) is 1.53. The normalized spacial score (nSPS) is 51.5. The number of hydrazine groups is 1. The lowest BCUT2D eigenvalue weighted by Gasteiger charge is -2.49. The molecule has 4 heterocycles. The number of hydrogen-bond donors (Lipinski definition) is 4. The average Bonchev–Trinajstić information content (AvgIpc) is 3.54. The molecule has 0 aromatic heterocycles. The van der Waals surface area contributed by atoms with Crippen LogP contribution in [0.4, 0.5) is 4.39 Å². The van der Waals surface area contributed by atoms with Crippen molar-refractivity contribution >= 4 is 0 Å². The first-order chi connectivity index (χ1) is 16.1. The molecule has 7 nitrogen and oxygen atoms in total. The Bertz CT molecular complexity index is 683. The van der Waals surface area contributed by atoms with Crippen LogP contribution in [-0.2, 0) is 9.47 Å². The molecule has 33 heavy (non-hydrogen) atoms. The van der Waals surface area contributed by atoms with E-state index in [0.29, 0.717) is 30.7 Å². The topological polar surface area (TPSA) is 83.8 Å². The third kappa shape index (κ3) is 4.74. The number of nitrogens with two attached hydrogens (primary N) is 1. The molecular weight excluding hydrogens is 421 g/mol. The quantitative estimate of drug-likeness (QED) is 0.492. The summed E-state index contributed by atoms with van der Waals surface area (Å²) >= 11 is 0. The summed E-state index contributed by atoms with van der Waals surface area (Å²) in [5.41, 5.74) is 10.2. The number of alkyl halides is 1. The Morgan fingerprint density at radius 2 is 1.82 bits per heavy atom. The van der Waals surface area contributed by atoms with Gasteiger partial charge in [-0.2, -0.15) is 0 Å². The standard InChI is InChI=1S/C25H44FN5O2/c1-14-19-10-17(26)6-7-18(19)23-20(3-2-8-28-23)33-22-12-30-31(13-15-4-5-15)24(22)16-9-21(32-14)25(27)29-11-16/h14-25,28-30H,2-13,27H2,1H3/t14-,16?,17?,18?,19?,20?,21?,22?,23?,24?,25?/m1/s1. The fourth-order valence-electron chi connectivity index (χ4n) is 7.66. The lowest BCUT2D eigenvalue weighted by Crippen LogP contribution is -2.62. The second-order valence-corrected chi connectivity index (χ2v) is 11.8. The van der Waals surface area contributed by atoms with E-state index >= 15 is 0 Å². The van der Waals surface area contributed by atoms with Gasteiger partial charge in [-0.3, -0.25) is 10.7 Å². The molecule has 8 heteroatoms. The number of ether oxygens (including phenoxy) is 2. The summed E-state index contributed by atoms with van der Waals surface area (Å²) in [5, 5.41) is 9.88. The van der Waals surface area contributed by atoms with E-state index in [1.165, 1.54) is 12.8 Å². The molecule has 0 aromatic rings. The van der Waals surface area contributed by atoms with Crippen molar-refractivity contribution < 1.29 is 13.9 Å². The maximum atomic E-state index is 14.6. The Morgan fingerprint density at radius 1 is 0.939 bits per heavy atom. The number of rotatable bonds is 2. The fraction of sp³-hybridized carbons (Fsp3) is 1.00. The van der Waals surface area contributed by atoms with E-state index < -0.39 is 6.17 Å². The van der Waals surface area contributed by atoms with Crippen LogP contribution in [0.2, 0.25) is 0 Å². The second kappa shape index (κ2) is 9.60. The third-order valence-corrected chi connectivity index (χ3v) is 9.56. The number of hydrogen-bond acceptors (Lipinski definition) is 7. The van der Waals surface area contributed by atoms with Crippen LogP contribution in [0.5, 0.6) is 0 Å². The van der Waals surface area contributed by atoms with Gasteiger partial charge in [0, 0.05) is 25.7 Å². The number of fused-ring (bicyclic) bond motifs is 7. The van der Waals surface area contributed by atoms with Gasteiger partial charge in [-0.05, 0) is 88.5 Å². The molecule has 6 aliphatic rings. The van der Waals surface area contributed by atoms with E-state index in [2.05, 4.69) is 28.0 Å². The average molecular weight is 466 g/mol. The smallest absolute Gasteiger partial charge is 0.101 e. The molecular formula is C25H44FN5O2. The van der Waals surface area contributed by atoms with Gasteiger partial charge in [-0.25, -0.2) is 9.40 Å². The monoisotopic (exact) mass is 465 g/mol. The Balaban J connectivity index is 1.31. The fourth-order valence-corrected chi connectivity index (χ4v) is 7.66. The van der Waals surface area contributed by atoms with Crippen molar-refractivity contribution in [3.8, 4) is 0 Å². The van der Waals surface area contributed by atoms with Gasteiger partial charge >= 0.3 is 0 Å². The van der Waals surface area contributed by atoms with Crippen molar-refractivity contribution in [2.75, 3.05) is 26.2 Å². The molecule has 2 aliphatic carbocycles. The first-order valence-corrected chi connectivity index (χ1v) is 13.7. The maximum Gasteiger partial charge on any atom is 0.101 e. The van der Waals surface area contributed by atoms with Gasteiger partial charge in [0.1, 0.15) is 6.17 Å². The molecule has 6 fully saturated rings. The van der Waals surface area contributed by atoms with E-state index in [0.717, 1.165) is 57.8 Å². The van der Waals surface area contributed by atoms with Crippen molar-refractivity contribution in [3.05, 3.63) is 0 Å². The summed E-state index contributed by atoms with van der Waals surface area (Å²) in [6.07, 6.45) is 7.47.